The molecule has 2 heterocycles. The van der Waals surface area contributed by atoms with Crippen molar-refractivity contribution < 1.29 is 18.0 Å². The predicted octanol–water partition coefficient (Wildman–Crippen LogP) is 3.05. The minimum Gasteiger partial charge on any atom is -0.353 e. The van der Waals surface area contributed by atoms with Crippen molar-refractivity contribution in [3.63, 3.8) is 0 Å². The van der Waals surface area contributed by atoms with Gasteiger partial charge in [0.25, 0.3) is 0 Å². The molecule has 0 unspecified atom stereocenters. The summed E-state index contributed by atoms with van der Waals surface area (Å²) in [6, 6.07) is 11.9. The Balaban J connectivity index is 1.27. The standard InChI is InChI=1S/C29H38N4O4S/c1-21-8-11-24(12-9-21)38(36,37)33-17-14-30-29(35)27(33)19-28(34)31-26-7-5-6-23-18-22(10-13-25(23)26)20-32-15-3-2-4-16-32/h8-13,18,26-27H,2-7,14-17,19-20H2,1H3,(H,30,35)(H,31,34)/t26-,27-/m1/s1. The summed E-state index contributed by atoms with van der Waals surface area (Å²) < 4.78 is 27.9. The van der Waals surface area contributed by atoms with E-state index in [1.54, 1.807) is 24.3 Å². The molecule has 204 valence electrons. The van der Waals surface area contributed by atoms with E-state index in [1.807, 2.05) is 6.92 Å². The maximum absolute atomic E-state index is 13.4. The highest BCUT2D eigenvalue weighted by molar-refractivity contribution is 7.89. The molecule has 2 amide bonds. The number of nitrogens with one attached hydrogen (secondary N) is 2. The molecule has 0 saturated carbocycles. The molecule has 0 bridgehead atoms. The van der Waals surface area contributed by atoms with Crippen LogP contribution in [0.15, 0.2) is 47.4 Å². The first-order valence-electron chi connectivity index (χ1n) is 13.8. The topological polar surface area (TPSA) is 98.8 Å². The van der Waals surface area contributed by atoms with Gasteiger partial charge in [-0.25, -0.2) is 8.42 Å². The van der Waals surface area contributed by atoms with Gasteiger partial charge in [-0.05, 0) is 80.9 Å². The second-order valence-electron chi connectivity index (χ2n) is 10.8. The SMILES string of the molecule is Cc1ccc(S(=O)(=O)N2CCNC(=O)[C@H]2CC(=O)N[C@@H]2CCCc3cc(CN4CCCCC4)ccc32)cc1. The molecule has 5 rings (SSSR count). The molecule has 0 aromatic heterocycles. The molecule has 2 N–H and O–H groups in total. The van der Waals surface area contributed by atoms with Gasteiger partial charge in [-0.15, -0.1) is 0 Å². The van der Waals surface area contributed by atoms with Crippen LogP contribution < -0.4 is 10.6 Å². The maximum atomic E-state index is 13.4. The molecule has 2 fully saturated rings. The first-order chi connectivity index (χ1) is 18.3. The third-order valence-electron chi connectivity index (χ3n) is 8.00. The van der Waals surface area contributed by atoms with E-state index in [0.717, 1.165) is 50.0 Å². The number of amides is 2. The molecule has 2 aliphatic heterocycles. The van der Waals surface area contributed by atoms with E-state index in [1.165, 1.54) is 34.7 Å². The third kappa shape index (κ3) is 5.95. The lowest BCUT2D eigenvalue weighted by Gasteiger charge is -2.34. The van der Waals surface area contributed by atoms with E-state index in [0.29, 0.717) is 0 Å². The summed E-state index contributed by atoms with van der Waals surface area (Å²) in [5.74, 6) is -0.750. The lowest BCUT2D eigenvalue weighted by Crippen LogP contribution is -2.58. The number of benzene rings is 2. The van der Waals surface area contributed by atoms with Crippen LogP contribution in [0.1, 0.15) is 66.8 Å². The number of rotatable bonds is 7. The molecular weight excluding hydrogens is 500 g/mol. The molecule has 0 radical (unpaired) electrons. The first-order valence-corrected chi connectivity index (χ1v) is 15.2. The highest BCUT2D eigenvalue weighted by atomic mass is 32.2. The zero-order valence-electron chi connectivity index (χ0n) is 22.1. The van der Waals surface area contributed by atoms with Crippen molar-refractivity contribution in [3.05, 3.63) is 64.7 Å². The van der Waals surface area contributed by atoms with Crippen LogP contribution in [0.3, 0.4) is 0 Å². The van der Waals surface area contributed by atoms with Gasteiger partial charge in [0.05, 0.1) is 17.4 Å². The van der Waals surface area contributed by atoms with Gasteiger partial charge in [-0.3, -0.25) is 14.5 Å². The monoisotopic (exact) mass is 538 g/mol. The van der Waals surface area contributed by atoms with E-state index >= 15 is 0 Å². The maximum Gasteiger partial charge on any atom is 0.243 e. The second-order valence-corrected chi connectivity index (χ2v) is 12.7. The number of carbonyl (C=O) groups excluding carboxylic acids is 2. The molecule has 1 aliphatic carbocycles. The summed E-state index contributed by atoms with van der Waals surface area (Å²) in [6.45, 7) is 5.51. The fraction of sp³-hybridized carbons (Fsp3) is 0.517. The minimum absolute atomic E-state index is 0.129. The predicted molar refractivity (Wildman–Crippen MR) is 146 cm³/mol. The van der Waals surface area contributed by atoms with E-state index in [2.05, 4.69) is 33.7 Å². The summed E-state index contributed by atoms with van der Waals surface area (Å²) in [6.07, 6.45) is 6.43. The van der Waals surface area contributed by atoms with Crippen LogP contribution in [0.5, 0.6) is 0 Å². The number of aryl methyl sites for hydroxylation is 2. The Labute approximate surface area is 225 Å². The number of nitrogens with zero attached hydrogens (tertiary/aromatic N) is 2. The number of piperidine rings is 1. The van der Waals surface area contributed by atoms with Crippen molar-refractivity contribution in [2.24, 2.45) is 0 Å². The first kappa shape index (κ1) is 26.8. The zero-order valence-corrected chi connectivity index (χ0v) is 22.9. The van der Waals surface area contributed by atoms with Crippen molar-refractivity contribution in [3.8, 4) is 0 Å². The van der Waals surface area contributed by atoms with Gasteiger partial charge in [-0.1, -0.05) is 42.3 Å². The van der Waals surface area contributed by atoms with Crippen LogP contribution in [0.4, 0.5) is 0 Å². The minimum atomic E-state index is -3.92. The largest absolute Gasteiger partial charge is 0.353 e. The number of sulfonamides is 1. The van der Waals surface area contributed by atoms with Crippen molar-refractivity contribution in [1.82, 2.24) is 19.8 Å². The van der Waals surface area contributed by atoms with Gasteiger partial charge in [0.2, 0.25) is 21.8 Å². The Morgan fingerprint density at radius 1 is 1.03 bits per heavy atom. The van der Waals surface area contributed by atoms with Gasteiger partial charge in [0.1, 0.15) is 6.04 Å². The molecular formula is C29H38N4O4S. The average Bonchev–Trinajstić information content (AvgIpc) is 2.90. The third-order valence-corrected chi connectivity index (χ3v) is 9.92. The van der Waals surface area contributed by atoms with Crippen molar-refractivity contribution in [2.45, 2.75) is 75.4 Å². The van der Waals surface area contributed by atoms with Gasteiger partial charge in [-0.2, -0.15) is 4.31 Å². The molecule has 0 spiro atoms. The van der Waals surface area contributed by atoms with Crippen LogP contribution in [-0.2, 0) is 32.6 Å². The number of piperazine rings is 1. The van der Waals surface area contributed by atoms with Crippen LogP contribution in [0.2, 0.25) is 0 Å². The Kier molecular flexibility index (Phi) is 8.16. The molecule has 2 atom stereocenters. The Bertz CT molecular complexity index is 1270. The van der Waals surface area contributed by atoms with Gasteiger partial charge in [0.15, 0.2) is 0 Å². The highest BCUT2D eigenvalue weighted by Gasteiger charge is 2.40. The molecule has 38 heavy (non-hydrogen) atoms. The van der Waals surface area contributed by atoms with Crippen molar-refractivity contribution in [1.29, 1.82) is 0 Å². The summed E-state index contributed by atoms with van der Waals surface area (Å²) in [7, 11) is -3.92. The van der Waals surface area contributed by atoms with E-state index in [9.17, 15) is 18.0 Å². The Morgan fingerprint density at radius 3 is 2.55 bits per heavy atom. The molecule has 3 aliphatic rings. The summed E-state index contributed by atoms with van der Waals surface area (Å²) in [5.41, 5.74) is 4.66. The van der Waals surface area contributed by atoms with Crippen LogP contribution in [0, 0.1) is 6.92 Å². The van der Waals surface area contributed by atoms with Crippen LogP contribution in [-0.4, -0.2) is 61.7 Å². The highest BCUT2D eigenvalue weighted by Crippen LogP contribution is 2.31. The summed E-state index contributed by atoms with van der Waals surface area (Å²) >= 11 is 0. The number of fused-ring (bicyclic) bond motifs is 1. The number of carbonyl (C=O) groups is 2. The number of hydrogen-bond acceptors (Lipinski definition) is 5. The zero-order chi connectivity index (χ0) is 26.7. The second kappa shape index (κ2) is 11.6. The lowest BCUT2D eigenvalue weighted by atomic mass is 9.86. The van der Waals surface area contributed by atoms with Crippen LogP contribution >= 0.6 is 0 Å². The van der Waals surface area contributed by atoms with Crippen molar-refractivity contribution in [2.75, 3.05) is 26.2 Å². The fourth-order valence-corrected chi connectivity index (χ4v) is 7.53. The fourth-order valence-electron chi connectivity index (χ4n) is 5.94. The van der Waals surface area contributed by atoms with Crippen molar-refractivity contribution >= 4 is 21.8 Å². The molecule has 2 aromatic carbocycles. The van der Waals surface area contributed by atoms with Crippen LogP contribution in [0.25, 0.3) is 0 Å². The Morgan fingerprint density at radius 2 is 1.79 bits per heavy atom. The molecule has 9 heteroatoms. The lowest BCUT2D eigenvalue weighted by molar-refractivity contribution is -0.132. The van der Waals surface area contributed by atoms with Gasteiger partial charge in [0, 0.05) is 19.6 Å². The Hall–Kier alpha value is -2.75. The quantitative estimate of drug-likeness (QED) is 0.565. The van der Waals surface area contributed by atoms with Gasteiger partial charge < -0.3 is 10.6 Å². The van der Waals surface area contributed by atoms with E-state index in [-0.39, 0.29) is 36.4 Å². The summed E-state index contributed by atoms with van der Waals surface area (Å²) in [4.78, 5) is 28.6. The number of hydrogen-bond donors (Lipinski definition) is 2. The summed E-state index contributed by atoms with van der Waals surface area (Å²) in [5, 5.41) is 5.84. The van der Waals surface area contributed by atoms with E-state index in [4.69, 9.17) is 0 Å². The van der Waals surface area contributed by atoms with Gasteiger partial charge >= 0.3 is 0 Å². The normalized spacial score (nSPS) is 22.9. The number of likely N-dealkylation sites (tertiary alicyclic amines) is 1. The molecule has 2 aromatic rings. The smallest absolute Gasteiger partial charge is 0.243 e. The molecule has 8 nitrogen and oxygen atoms in total. The average molecular weight is 539 g/mol. The molecule has 2 saturated heterocycles. The van der Waals surface area contributed by atoms with E-state index < -0.39 is 22.0 Å².